The van der Waals surface area contributed by atoms with Gasteiger partial charge in [0.25, 0.3) is 0 Å². The Morgan fingerprint density at radius 3 is 2.29 bits per heavy atom. The van der Waals surface area contributed by atoms with E-state index in [1.54, 1.807) is 0 Å². The minimum absolute atomic E-state index is 0.513. The van der Waals surface area contributed by atoms with E-state index in [9.17, 15) is 0 Å². The number of hydrogen-bond donors (Lipinski definition) is 1. The van der Waals surface area contributed by atoms with Crippen molar-refractivity contribution < 1.29 is 0 Å². The maximum absolute atomic E-state index is 4.54. The van der Waals surface area contributed by atoms with Crippen LogP contribution < -0.4 is 5.32 Å². The van der Waals surface area contributed by atoms with E-state index in [-0.39, 0.29) is 0 Å². The molecule has 17 heavy (non-hydrogen) atoms. The van der Waals surface area contributed by atoms with Crippen molar-refractivity contribution >= 4 is 5.95 Å². The Balaban J connectivity index is 2.01. The van der Waals surface area contributed by atoms with E-state index < -0.39 is 0 Å². The molecule has 1 fully saturated rings. The third-order valence-electron chi connectivity index (χ3n) is 3.84. The highest BCUT2D eigenvalue weighted by atomic mass is 15.2. The van der Waals surface area contributed by atoms with Gasteiger partial charge in [0.2, 0.25) is 5.95 Å². The van der Waals surface area contributed by atoms with Gasteiger partial charge in [0.1, 0.15) is 0 Å². The fraction of sp³-hybridized carbons (Fsp3) is 0.769. The molecule has 1 aliphatic carbocycles. The predicted molar refractivity (Wildman–Crippen MR) is 69.0 cm³/mol. The summed E-state index contributed by atoms with van der Waals surface area (Å²) in [4.78, 5) is 4.54. The molecule has 2 rings (SSSR count). The average molecular weight is 234 g/mol. The van der Waals surface area contributed by atoms with Gasteiger partial charge in [-0.1, -0.05) is 20.8 Å². The average Bonchev–Trinajstić information content (AvgIpc) is 3.16. The van der Waals surface area contributed by atoms with Crippen LogP contribution in [0.25, 0.3) is 0 Å². The van der Waals surface area contributed by atoms with Crippen LogP contribution in [-0.2, 0) is 12.8 Å². The fourth-order valence-corrected chi connectivity index (χ4v) is 2.11. The summed E-state index contributed by atoms with van der Waals surface area (Å²) >= 11 is 0. The Morgan fingerprint density at radius 1 is 1.06 bits per heavy atom. The molecule has 0 radical (unpaired) electrons. The molecule has 0 aromatic carbocycles. The number of nitrogens with one attached hydrogen (secondary N) is 1. The van der Waals surface area contributed by atoms with Crippen molar-refractivity contribution in [2.45, 2.75) is 52.9 Å². The number of nitrogens with zero attached hydrogens (tertiary/aromatic N) is 3. The first-order valence-electron chi connectivity index (χ1n) is 6.69. The SMILES string of the molecule is CCc1nnc(NCC2(CC)CC2)nc1CC. The molecule has 0 spiro atoms. The first-order chi connectivity index (χ1) is 8.23. The lowest BCUT2D eigenvalue weighted by Gasteiger charge is -2.13. The van der Waals surface area contributed by atoms with Crippen molar-refractivity contribution in [1.82, 2.24) is 15.2 Å². The van der Waals surface area contributed by atoms with Crippen molar-refractivity contribution in [3.8, 4) is 0 Å². The number of hydrogen-bond acceptors (Lipinski definition) is 4. The maximum Gasteiger partial charge on any atom is 0.242 e. The molecular weight excluding hydrogens is 212 g/mol. The third-order valence-corrected chi connectivity index (χ3v) is 3.84. The maximum atomic E-state index is 4.54. The Hall–Kier alpha value is -1.19. The van der Waals surface area contributed by atoms with E-state index >= 15 is 0 Å². The van der Waals surface area contributed by atoms with E-state index in [0.717, 1.165) is 30.8 Å². The highest BCUT2D eigenvalue weighted by Crippen LogP contribution is 2.48. The molecule has 0 atom stereocenters. The van der Waals surface area contributed by atoms with Crippen LogP contribution in [-0.4, -0.2) is 21.7 Å². The van der Waals surface area contributed by atoms with Crippen molar-refractivity contribution in [3.05, 3.63) is 11.4 Å². The zero-order valence-corrected chi connectivity index (χ0v) is 11.1. The van der Waals surface area contributed by atoms with Gasteiger partial charge in [0.05, 0.1) is 11.4 Å². The van der Waals surface area contributed by atoms with Crippen molar-refractivity contribution in [3.63, 3.8) is 0 Å². The van der Waals surface area contributed by atoms with E-state index in [2.05, 4.69) is 41.3 Å². The van der Waals surface area contributed by atoms with Gasteiger partial charge in [-0.25, -0.2) is 4.98 Å². The van der Waals surface area contributed by atoms with Crippen LogP contribution in [0.15, 0.2) is 0 Å². The van der Waals surface area contributed by atoms with Crippen molar-refractivity contribution in [1.29, 1.82) is 0 Å². The molecule has 0 bridgehead atoms. The summed E-state index contributed by atoms with van der Waals surface area (Å²) in [7, 11) is 0. The van der Waals surface area contributed by atoms with Crippen LogP contribution in [0.5, 0.6) is 0 Å². The normalized spacial score (nSPS) is 16.9. The molecule has 4 heteroatoms. The molecule has 0 amide bonds. The summed E-state index contributed by atoms with van der Waals surface area (Å²) in [5, 5.41) is 11.7. The summed E-state index contributed by atoms with van der Waals surface area (Å²) in [6.07, 6.45) is 5.73. The third kappa shape index (κ3) is 2.73. The van der Waals surface area contributed by atoms with Crippen molar-refractivity contribution in [2.75, 3.05) is 11.9 Å². The summed E-state index contributed by atoms with van der Waals surface area (Å²) in [6, 6.07) is 0. The second-order valence-corrected chi connectivity index (χ2v) is 4.94. The Morgan fingerprint density at radius 2 is 1.76 bits per heavy atom. The Bertz CT molecular complexity index is 385. The zero-order chi connectivity index (χ0) is 12.3. The number of anilines is 1. The monoisotopic (exact) mass is 234 g/mol. The first-order valence-corrected chi connectivity index (χ1v) is 6.69. The van der Waals surface area contributed by atoms with Crippen molar-refractivity contribution in [2.24, 2.45) is 5.41 Å². The lowest BCUT2D eigenvalue weighted by Crippen LogP contribution is -2.17. The van der Waals surface area contributed by atoms with E-state index in [4.69, 9.17) is 0 Å². The van der Waals surface area contributed by atoms with Crippen LogP contribution >= 0.6 is 0 Å². The molecule has 0 unspecified atom stereocenters. The summed E-state index contributed by atoms with van der Waals surface area (Å²) in [6.45, 7) is 7.45. The van der Waals surface area contributed by atoms with Crippen LogP contribution in [0.4, 0.5) is 5.95 Å². The standard InChI is InChI=1S/C13H22N4/c1-4-10-11(5-2)16-17-12(15-10)14-9-13(6-3)7-8-13/h4-9H2,1-3H3,(H,14,15,17). The van der Waals surface area contributed by atoms with Gasteiger partial charge >= 0.3 is 0 Å². The molecule has 1 aromatic rings. The highest BCUT2D eigenvalue weighted by molar-refractivity contribution is 5.27. The largest absolute Gasteiger partial charge is 0.352 e. The van der Waals surface area contributed by atoms with Gasteiger partial charge in [-0.15, -0.1) is 5.10 Å². The second kappa shape index (κ2) is 4.98. The topological polar surface area (TPSA) is 50.7 Å². The summed E-state index contributed by atoms with van der Waals surface area (Å²) in [5.41, 5.74) is 2.61. The molecule has 1 aliphatic rings. The van der Waals surface area contributed by atoms with Gasteiger partial charge < -0.3 is 5.32 Å². The van der Waals surface area contributed by atoms with Crippen LogP contribution in [0.2, 0.25) is 0 Å². The van der Waals surface area contributed by atoms with Crippen LogP contribution in [0, 0.1) is 5.41 Å². The minimum Gasteiger partial charge on any atom is -0.352 e. The second-order valence-electron chi connectivity index (χ2n) is 4.94. The Kier molecular flexibility index (Phi) is 3.60. The van der Waals surface area contributed by atoms with Crippen LogP contribution in [0.3, 0.4) is 0 Å². The first kappa shape index (κ1) is 12.3. The summed E-state index contributed by atoms with van der Waals surface area (Å²) < 4.78 is 0. The van der Waals surface area contributed by atoms with E-state index in [1.807, 2.05) is 0 Å². The molecule has 1 heterocycles. The molecule has 94 valence electrons. The Labute approximate surface area is 103 Å². The van der Waals surface area contributed by atoms with Gasteiger partial charge in [0, 0.05) is 6.54 Å². The smallest absolute Gasteiger partial charge is 0.242 e. The minimum atomic E-state index is 0.513. The lowest BCUT2D eigenvalue weighted by atomic mass is 10.0. The van der Waals surface area contributed by atoms with Gasteiger partial charge in [-0.3, -0.25) is 0 Å². The van der Waals surface area contributed by atoms with Gasteiger partial charge in [-0.05, 0) is 37.5 Å². The lowest BCUT2D eigenvalue weighted by molar-refractivity contribution is 0.519. The predicted octanol–water partition coefficient (Wildman–Crippen LogP) is 2.60. The molecular formula is C13H22N4. The van der Waals surface area contributed by atoms with E-state index in [1.165, 1.54) is 19.3 Å². The molecule has 1 aromatic heterocycles. The fourth-order valence-electron chi connectivity index (χ4n) is 2.11. The molecule has 1 N–H and O–H groups in total. The zero-order valence-electron chi connectivity index (χ0n) is 11.1. The number of rotatable bonds is 6. The number of aromatic nitrogens is 3. The molecule has 0 aliphatic heterocycles. The molecule has 0 saturated heterocycles. The van der Waals surface area contributed by atoms with Gasteiger partial charge in [0.15, 0.2) is 0 Å². The van der Waals surface area contributed by atoms with Crippen LogP contribution in [0.1, 0.15) is 51.4 Å². The summed E-state index contributed by atoms with van der Waals surface area (Å²) in [5.74, 6) is 0.693. The van der Waals surface area contributed by atoms with Gasteiger partial charge in [-0.2, -0.15) is 5.10 Å². The molecule has 1 saturated carbocycles. The quantitative estimate of drug-likeness (QED) is 0.822. The highest BCUT2D eigenvalue weighted by Gasteiger charge is 2.40. The molecule has 4 nitrogen and oxygen atoms in total. The number of aryl methyl sites for hydroxylation is 2. The van der Waals surface area contributed by atoms with E-state index in [0.29, 0.717) is 11.4 Å².